The normalized spacial score (nSPS) is 35.1. The lowest BCUT2D eigenvalue weighted by atomic mass is 10.1. The van der Waals surface area contributed by atoms with Crippen LogP contribution in [0.15, 0.2) is 17.1 Å². The first-order valence-corrected chi connectivity index (χ1v) is 6.72. The molecule has 20 heavy (non-hydrogen) atoms. The maximum absolute atomic E-state index is 12.0. The molecular formula is C13H19N3O4. The maximum atomic E-state index is 12.0. The monoisotopic (exact) mass is 281 g/mol. The van der Waals surface area contributed by atoms with Crippen LogP contribution in [0.5, 0.6) is 0 Å². The average Bonchev–Trinajstić information content (AvgIpc) is 2.83. The Morgan fingerprint density at radius 2 is 2.20 bits per heavy atom. The topological polar surface area (TPSA) is 99.6 Å². The fourth-order valence-corrected chi connectivity index (χ4v) is 3.19. The third-order valence-electron chi connectivity index (χ3n) is 4.00. The SMILES string of the molecule is CC1(C)OC2C(CO)CC(n3ccc(N)nc3=O)C2O1. The smallest absolute Gasteiger partial charge is 0.349 e. The van der Waals surface area contributed by atoms with E-state index in [0.717, 1.165) is 0 Å². The number of rotatable bonds is 2. The molecule has 0 radical (unpaired) electrons. The van der Waals surface area contributed by atoms with Crippen molar-refractivity contribution in [2.45, 2.75) is 44.3 Å². The molecule has 0 spiro atoms. The minimum absolute atomic E-state index is 0.00819. The summed E-state index contributed by atoms with van der Waals surface area (Å²) in [6.07, 6.45) is 1.78. The lowest BCUT2D eigenvalue weighted by Crippen LogP contribution is -2.34. The number of aliphatic hydroxyl groups excluding tert-OH is 1. The van der Waals surface area contributed by atoms with Crippen molar-refractivity contribution in [3.8, 4) is 0 Å². The molecule has 3 N–H and O–H groups in total. The van der Waals surface area contributed by atoms with Crippen molar-refractivity contribution in [3.05, 3.63) is 22.7 Å². The molecular weight excluding hydrogens is 262 g/mol. The molecule has 1 saturated carbocycles. The van der Waals surface area contributed by atoms with E-state index in [-0.39, 0.29) is 36.6 Å². The van der Waals surface area contributed by atoms with Gasteiger partial charge < -0.3 is 20.3 Å². The minimum atomic E-state index is -0.702. The van der Waals surface area contributed by atoms with Crippen LogP contribution in [0.2, 0.25) is 0 Å². The summed E-state index contributed by atoms with van der Waals surface area (Å²) in [6, 6.07) is 1.39. The number of ether oxygens (including phenoxy) is 2. The second kappa shape index (κ2) is 4.54. The maximum Gasteiger partial charge on any atom is 0.349 e. The van der Waals surface area contributed by atoms with E-state index in [1.54, 1.807) is 12.3 Å². The highest BCUT2D eigenvalue weighted by Gasteiger charge is 2.54. The van der Waals surface area contributed by atoms with E-state index in [4.69, 9.17) is 15.2 Å². The van der Waals surface area contributed by atoms with E-state index in [1.807, 2.05) is 13.8 Å². The Labute approximate surface area is 116 Å². The molecule has 1 aromatic heterocycles. The average molecular weight is 281 g/mol. The van der Waals surface area contributed by atoms with E-state index in [9.17, 15) is 9.90 Å². The summed E-state index contributed by atoms with van der Waals surface area (Å²) in [6.45, 7) is 3.68. The number of nitrogens with zero attached hydrogens (tertiary/aromatic N) is 2. The number of hydrogen-bond acceptors (Lipinski definition) is 6. The number of aromatic nitrogens is 2. The number of nitrogen functional groups attached to an aromatic ring is 1. The Morgan fingerprint density at radius 1 is 1.50 bits per heavy atom. The second-order valence-electron chi connectivity index (χ2n) is 5.85. The number of nitrogens with two attached hydrogens (primary N) is 1. The van der Waals surface area contributed by atoms with Gasteiger partial charge in [0.15, 0.2) is 5.79 Å². The summed E-state index contributed by atoms with van der Waals surface area (Å²) >= 11 is 0. The van der Waals surface area contributed by atoms with Gasteiger partial charge in [-0.05, 0) is 26.3 Å². The van der Waals surface area contributed by atoms with Crippen LogP contribution in [0.4, 0.5) is 5.82 Å². The summed E-state index contributed by atoms with van der Waals surface area (Å²) in [5, 5.41) is 9.50. The summed E-state index contributed by atoms with van der Waals surface area (Å²) in [4.78, 5) is 15.7. The van der Waals surface area contributed by atoms with Crippen molar-refractivity contribution in [3.63, 3.8) is 0 Å². The molecule has 7 nitrogen and oxygen atoms in total. The summed E-state index contributed by atoms with van der Waals surface area (Å²) in [7, 11) is 0. The fourth-order valence-electron chi connectivity index (χ4n) is 3.19. The molecule has 4 atom stereocenters. The third kappa shape index (κ3) is 2.11. The first-order valence-electron chi connectivity index (χ1n) is 6.72. The van der Waals surface area contributed by atoms with Crippen LogP contribution >= 0.6 is 0 Å². The molecule has 0 amide bonds. The standard InChI is InChI=1S/C13H19N3O4/c1-13(2)19-10-7(6-17)5-8(11(10)20-13)16-4-3-9(14)15-12(16)18/h3-4,7-8,10-11,17H,5-6H2,1-2H3,(H2,14,15,18). The molecule has 2 heterocycles. The van der Waals surface area contributed by atoms with Crippen molar-refractivity contribution in [1.82, 2.24) is 9.55 Å². The summed E-state index contributed by atoms with van der Waals surface area (Å²) in [5.41, 5.74) is 5.11. The molecule has 0 bridgehead atoms. The highest BCUT2D eigenvalue weighted by Crippen LogP contribution is 2.46. The predicted octanol–water partition coefficient (Wildman–Crippen LogP) is -0.101. The van der Waals surface area contributed by atoms with Crippen LogP contribution in [0, 0.1) is 5.92 Å². The van der Waals surface area contributed by atoms with Gasteiger partial charge in [-0.25, -0.2) is 4.79 Å². The van der Waals surface area contributed by atoms with E-state index in [1.165, 1.54) is 4.57 Å². The van der Waals surface area contributed by atoms with Crippen LogP contribution < -0.4 is 11.4 Å². The number of fused-ring (bicyclic) bond motifs is 1. The van der Waals surface area contributed by atoms with Crippen LogP contribution in [-0.4, -0.2) is 39.3 Å². The number of hydrogen-bond donors (Lipinski definition) is 2. The summed E-state index contributed by atoms with van der Waals surface area (Å²) < 4.78 is 13.3. The van der Waals surface area contributed by atoms with Gasteiger partial charge in [-0.15, -0.1) is 0 Å². The minimum Gasteiger partial charge on any atom is -0.396 e. The first-order chi connectivity index (χ1) is 9.41. The van der Waals surface area contributed by atoms with E-state index in [2.05, 4.69) is 4.98 Å². The van der Waals surface area contributed by atoms with Crippen LogP contribution in [-0.2, 0) is 9.47 Å². The highest BCUT2D eigenvalue weighted by atomic mass is 16.8. The van der Waals surface area contributed by atoms with Crippen LogP contribution in [0.3, 0.4) is 0 Å². The molecule has 2 fully saturated rings. The molecule has 110 valence electrons. The molecule has 4 unspecified atom stereocenters. The Balaban J connectivity index is 1.96. The third-order valence-corrected chi connectivity index (χ3v) is 4.00. The van der Waals surface area contributed by atoms with Crippen molar-refractivity contribution >= 4 is 5.82 Å². The fraction of sp³-hybridized carbons (Fsp3) is 0.692. The number of anilines is 1. The second-order valence-corrected chi connectivity index (χ2v) is 5.85. The van der Waals surface area contributed by atoms with Gasteiger partial charge in [0.05, 0.1) is 12.1 Å². The molecule has 7 heteroatoms. The predicted molar refractivity (Wildman–Crippen MR) is 71.0 cm³/mol. The molecule has 1 aliphatic carbocycles. The zero-order valence-electron chi connectivity index (χ0n) is 11.5. The Bertz CT molecular complexity index is 571. The Hall–Kier alpha value is -1.44. The van der Waals surface area contributed by atoms with Crippen molar-refractivity contribution in [1.29, 1.82) is 0 Å². The molecule has 0 aromatic carbocycles. The van der Waals surface area contributed by atoms with Crippen molar-refractivity contribution in [2.75, 3.05) is 12.3 Å². The molecule has 3 rings (SSSR count). The van der Waals surface area contributed by atoms with Gasteiger partial charge in [-0.1, -0.05) is 0 Å². The van der Waals surface area contributed by atoms with Gasteiger partial charge >= 0.3 is 5.69 Å². The van der Waals surface area contributed by atoms with Gasteiger partial charge in [0.25, 0.3) is 0 Å². The van der Waals surface area contributed by atoms with Gasteiger partial charge in [-0.2, -0.15) is 4.98 Å². The van der Waals surface area contributed by atoms with Crippen molar-refractivity contribution < 1.29 is 14.6 Å². The Kier molecular flexibility index (Phi) is 3.07. The van der Waals surface area contributed by atoms with Gasteiger partial charge in [0.2, 0.25) is 0 Å². The van der Waals surface area contributed by atoms with Gasteiger partial charge in [0, 0.05) is 18.7 Å². The zero-order chi connectivity index (χ0) is 14.5. The van der Waals surface area contributed by atoms with Crippen LogP contribution in [0.1, 0.15) is 26.3 Å². The lowest BCUT2D eigenvalue weighted by Gasteiger charge is -2.23. The number of aliphatic hydroxyl groups is 1. The van der Waals surface area contributed by atoms with E-state index >= 15 is 0 Å². The molecule has 1 saturated heterocycles. The highest BCUT2D eigenvalue weighted by molar-refractivity contribution is 5.24. The summed E-state index contributed by atoms with van der Waals surface area (Å²) in [5.74, 6) is -0.550. The van der Waals surface area contributed by atoms with Gasteiger partial charge in [-0.3, -0.25) is 4.57 Å². The molecule has 2 aliphatic rings. The quantitative estimate of drug-likeness (QED) is 0.785. The largest absolute Gasteiger partial charge is 0.396 e. The van der Waals surface area contributed by atoms with Crippen molar-refractivity contribution in [2.24, 2.45) is 5.92 Å². The van der Waals surface area contributed by atoms with E-state index < -0.39 is 11.5 Å². The Morgan fingerprint density at radius 3 is 2.85 bits per heavy atom. The lowest BCUT2D eigenvalue weighted by molar-refractivity contribution is -0.161. The molecule has 1 aliphatic heterocycles. The van der Waals surface area contributed by atoms with Crippen LogP contribution in [0.25, 0.3) is 0 Å². The van der Waals surface area contributed by atoms with E-state index in [0.29, 0.717) is 6.42 Å². The molecule has 1 aromatic rings. The zero-order valence-corrected chi connectivity index (χ0v) is 11.5. The van der Waals surface area contributed by atoms with Gasteiger partial charge in [0.1, 0.15) is 11.9 Å². The first kappa shape index (κ1) is 13.5.